The fourth-order valence-corrected chi connectivity index (χ4v) is 3.57. The lowest BCUT2D eigenvalue weighted by atomic mass is 9.94. The summed E-state index contributed by atoms with van der Waals surface area (Å²) in [6, 6.07) is 10.5. The first-order chi connectivity index (χ1) is 12.0. The highest BCUT2D eigenvalue weighted by Crippen LogP contribution is 2.32. The minimum Gasteiger partial charge on any atom is -0.343 e. The zero-order valence-corrected chi connectivity index (χ0v) is 16.3. The molecule has 2 amide bonds. The molecule has 1 unspecified atom stereocenters. The first-order valence-electron chi connectivity index (χ1n) is 9.42. The van der Waals surface area contributed by atoms with Crippen molar-refractivity contribution in [3.05, 3.63) is 35.9 Å². The Bertz CT molecular complexity index is 596. The van der Waals surface area contributed by atoms with Gasteiger partial charge in [0.1, 0.15) is 0 Å². The van der Waals surface area contributed by atoms with Gasteiger partial charge in [-0.15, -0.1) is 12.4 Å². The van der Waals surface area contributed by atoms with Crippen LogP contribution in [-0.4, -0.2) is 46.8 Å². The Hall–Kier alpha value is -1.59. The topological polar surface area (TPSA) is 66.6 Å². The summed E-state index contributed by atoms with van der Waals surface area (Å²) < 4.78 is 0. The highest BCUT2D eigenvalue weighted by atomic mass is 35.5. The van der Waals surface area contributed by atoms with Gasteiger partial charge >= 0.3 is 0 Å². The molecule has 1 aromatic rings. The lowest BCUT2D eigenvalue weighted by molar-refractivity contribution is -0.141. The number of amides is 2. The summed E-state index contributed by atoms with van der Waals surface area (Å²) in [5, 5.41) is 0. The van der Waals surface area contributed by atoms with E-state index in [4.69, 9.17) is 5.73 Å². The standard InChI is InChI=1S/C20H29N3O2.ClH/c1-15(21)13-19(24)22-11-9-17(10-12-22)20(25)23(18-7-8-18)14-16-5-3-2-4-6-16;/h2-6,15,17-18H,7-14,21H2,1H3;1H. The molecule has 1 aliphatic carbocycles. The molecule has 0 spiro atoms. The number of rotatable bonds is 6. The van der Waals surface area contributed by atoms with Gasteiger partial charge in [-0.25, -0.2) is 0 Å². The minimum atomic E-state index is -0.108. The molecule has 1 aromatic carbocycles. The van der Waals surface area contributed by atoms with Crippen molar-refractivity contribution < 1.29 is 9.59 Å². The maximum absolute atomic E-state index is 13.0. The van der Waals surface area contributed by atoms with E-state index in [0.717, 1.165) is 25.7 Å². The molecule has 1 heterocycles. The summed E-state index contributed by atoms with van der Waals surface area (Å²) in [5.74, 6) is 0.429. The Labute approximate surface area is 162 Å². The average molecular weight is 380 g/mol. The number of hydrogen-bond acceptors (Lipinski definition) is 3. The number of benzene rings is 1. The number of likely N-dealkylation sites (tertiary alicyclic amines) is 1. The van der Waals surface area contributed by atoms with Crippen molar-refractivity contribution in [2.45, 2.75) is 57.7 Å². The third-order valence-corrected chi connectivity index (χ3v) is 5.16. The van der Waals surface area contributed by atoms with Crippen LogP contribution in [0.1, 0.15) is 44.6 Å². The van der Waals surface area contributed by atoms with Gasteiger partial charge in [-0.1, -0.05) is 30.3 Å². The molecule has 2 fully saturated rings. The molecule has 3 rings (SSSR count). The summed E-state index contributed by atoms with van der Waals surface area (Å²) in [5.41, 5.74) is 6.91. The van der Waals surface area contributed by atoms with Crippen molar-refractivity contribution in [2.24, 2.45) is 11.7 Å². The summed E-state index contributed by atoms with van der Waals surface area (Å²) in [7, 11) is 0. The maximum Gasteiger partial charge on any atom is 0.226 e. The minimum absolute atomic E-state index is 0. The molecule has 1 atom stereocenters. The molecule has 1 saturated carbocycles. The summed E-state index contributed by atoms with van der Waals surface area (Å²) in [6.07, 6.45) is 4.15. The zero-order chi connectivity index (χ0) is 17.8. The van der Waals surface area contributed by atoms with Gasteiger partial charge in [-0.3, -0.25) is 9.59 Å². The van der Waals surface area contributed by atoms with Gasteiger partial charge in [0.05, 0.1) is 0 Å². The second kappa shape index (κ2) is 9.38. The van der Waals surface area contributed by atoms with Crippen molar-refractivity contribution in [1.29, 1.82) is 0 Å². The molecule has 6 heteroatoms. The fourth-order valence-electron chi connectivity index (χ4n) is 3.57. The van der Waals surface area contributed by atoms with Crippen LogP contribution >= 0.6 is 12.4 Å². The van der Waals surface area contributed by atoms with Gasteiger partial charge in [-0.2, -0.15) is 0 Å². The highest BCUT2D eigenvalue weighted by molar-refractivity contribution is 5.85. The van der Waals surface area contributed by atoms with Crippen LogP contribution in [0.4, 0.5) is 0 Å². The molecule has 2 aliphatic rings. The van der Waals surface area contributed by atoms with Gasteiger partial charge in [0.15, 0.2) is 0 Å². The van der Waals surface area contributed by atoms with Crippen LogP contribution in [0.3, 0.4) is 0 Å². The Morgan fingerprint density at radius 1 is 1.15 bits per heavy atom. The molecule has 144 valence electrons. The van der Waals surface area contributed by atoms with Crippen molar-refractivity contribution in [1.82, 2.24) is 9.80 Å². The average Bonchev–Trinajstić information content (AvgIpc) is 3.44. The second-order valence-corrected chi connectivity index (χ2v) is 7.52. The van der Waals surface area contributed by atoms with Gasteiger partial charge in [0, 0.05) is 44.1 Å². The Balaban J connectivity index is 0.00000243. The first kappa shape index (κ1) is 20.7. The number of carbonyl (C=O) groups is 2. The van der Waals surface area contributed by atoms with E-state index in [0.29, 0.717) is 32.1 Å². The lowest BCUT2D eigenvalue weighted by Gasteiger charge is -2.34. The van der Waals surface area contributed by atoms with Crippen LogP contribution in [0, 0.1) is 5.92 Å². The van der Waals surface area contributed by atoms with Crippen molar-refractivity contribution >= 4 is 24.2 Å². The maximum atomic E-state index is 13.0. The Kier molecular flexibility index (Phi) is 7.47. The molecule has 0 aromatic heterocycles. The molecule has 1 saturated heterocycles. The normalized spacial score (nSPS) is 18.8. The number of halogens is 1. The third-order valence-electron chi connectivity index (χ3n) is 5.16. The number of carbonyl (C=O) groups excluding carboxylic acids is 2. The number of hydrogen-bond donors (Lipinski definition) is 1. The van der Waals surface area contributed by atoms with Crippen LogP contribution in [0.15, 0.2) is 30.3 Å². The highest BCUT2D eigenvalue weighted by Gasteiger charge is 2.37. The van der Waals surface area contributed by atoms with Gasteiger partial charge in [-0.05, 0) is 38.2 Å². The molecule has 0 bridgehead atoms. The number of piperidine rings is 1. The van der Waals surface area contributed by atoms with E-state index >= 15 is 0 Å². The molecular formula is C20H30ClN3O2. The van der Waals surface area contributed by atoms with Crippen LogP contribution in [0.5, 0.6) is 0 Å². The molecule has 0 radical (unpaired) electrons. The van der Waals surface area contributed by atoms with Crippen molar-refractivity contribution in [3.8, 4) is 0 Å². The van der Waals surface area contributed by atoms with E-state index in [1.807, 2.05) is 30.0 Å². The quantitative estimate of drug-likeness (QED) is 0.826. The molecular weight excluding hydrogens is 350 g/mol. The smallest absolute Gasteiger partial charge is 0.226 e. The number of nitrogens with two attached hydrogens (primary N) is 1. The van der Waals surface area contributed by atoms with Gasteiger partial charge < -0.3 is 15.5 Å². The van der Waals surface area contributed by atoms with Crippen LogP contribution in [0.2, 0.25) is 0 Å². The van der Waals surface area contributed by atoms with E-state index in [2.05, 4.69) is 17.0 Å². The molecule has 2 N–H and O–H groups in total. The van der Waals surface area contributed by atoms with E-state index in [1.165, 1.54) is 5.56 Å². The third kappa shape index (κ3) is 5.45. The number of nitrogens with zero attached hydrogens (tertiary/aromatic N) is 2. The van der Waals surface area contributed by atoms with E-state index in [1.54, 1.807) is 0 Å². The SMILES string of the molecule is CC(N)CC(=O)N1CCC(C(=O)N(Cc2ccccc2)C2CC2)CC1.Cl. The molecule has 5 nitrogen and oxygen atoms in total. The Morgan fingerprint density at radius 2 is 1.77 bits per heavy atom. The molecule has 26 heavy (non-hydrogen) atoms. The zero-order valence-electron chi connectivity index (χ0n) is 15.5. The summed E-state index contributed by atoms with van der Waals surface area (Å²) in [6.45, 7) is 3.90. The largest absolute Gasteiger partial charge is 0.343 e. The predicted molar refractivity (Wildman–Crippen MR) is 105 cm³/mol. The second-order valence-electron chi connectivity index (χ2n) is 7.52. The summed E-state index contributed by atoms with van der Waals surface area (Å²) >= 11 is 0. The van der Waals surface area contributed by atoms with Gasteiger partial charge in [0.2, 0.25) is 11.8 Å². The van der Waals surface area contributed by atoms with Gasteiger partial charge in [0.25, 0.3) is 0 Å². The van der Waals surface area contributed by atoms with Crippen molar-refractivity contribution in [3.63, 3.8) is 0 Å². The van der Waals surface area contributed by atoms with Crippen LogP contribution in [0.25, 0.3) is 0 Å². The molecule has 1 aliphatic heterocycles. The summed E-state index contributed by atoms with van der Waals surface area (Å²) in [4.78, 5) is 29.1. The monoisotopic (exact) mass is 379 g/mol. The van der Waals surface area contributed by atoms with E-state index in [-0.39, 0.29) is 36.2 Å². The van der Waals surface area contributed by atoms with Crippen LogP contribution in [-0.2, 0) is 16.1 Å². The first-order valence-corrected chi connectivity index (χ1v) is 9.42. The van der Waals surface area contributed by atoms with Crippen molar-refractivity contribution in [2.75, 3.05) is 13.1 Å². The predicted octanol–water partition coefficient (Wildman–Crippen LogP) is 2.58. The fraction of sp³-hybridized carbons (Fsp3) is 0.600. The van der Waals surface area contributed by atoms with Crippen LogP contribution < -0.4 is 5.73 Å². The Morgan fingerprint density at radius 3 is 2.31 bits per heavy atom. The van der Waals surface area contributed by atoms with E-state index < -0.39 is 0 Å². The van der Waals surface area contributed by atoms with E-state index in [9.17, 15) is 9.59 Å². The lowest BCUT2D eigenvalue weighted by Crippen LogP contribution is -2.45.